The van der Waals surface area contributed by atoms with Crippen molar-refractivity contribution < 1.29 is 33.9 Å². The second-order valence-electron chi connectivity index (χ2n) is 6.21. The number of hydrogen-bond acceptors (Lipinski definition) is 5. The van der Waals surface area contributed by atoms with Crippen LogP contribution in [0.25, 0.3) is 0 Å². The van der Waals surface area contributed by atoms with Gasteiger partial charge in [-0.3, -0.25) is 0 Å². The Bertz CT molecular complexity index is 784. The van der Waals surface area contributed by atoms with Gasteiger partial charge in [-0.15, -0.1) is 0 Å². The third-order valence-electron chi connectivity index (χ3n) is 4.36. The normalized spacial score (nSPS) is 28.1. The average Bonchev–Trinajstić information content (AvgIpc) is 2.61. The Morgan fingerprint density at radius 3 is 2.35 bits per heavy atom. The van der Waals surface area contributed by atoms with E-state index >= 15 is 0 Å². The lowest BCUT2D eigenvalue weighted by atomic mass is 9.91. The lowest BCUT2D eigenvalue weighted by Crippen LogP contribution is -2.58. The Labute approximate surface area is 153 Å². The van der Waals surface area contributed by atoms with Gasteiger partial charge in [-0.05, 0) is 41.3 Å². The van der Waals surface area contributed by atoms with Crippen LogP contribution in [0.3, 0.4) is 0 Å². The molecule has 0 radical (unpaired) electrons. The van der Waals surface area contributed by atoms with Crippen molar-refractivity contribution in [3.05, 3.63) is 64.2 Å². The van der Waals surface area contributed by atoms with E-state index < -0.39 is 30.5 Å². The number of rotatable bonds is 3. The summed E-state index contributed by atoms with van der Waals surface area (Å²) in [6.45, 7) is 0. The number of phenolic OH excluding ortho intramolecular Hbond substituents is 1. The number of aromatic hydroxyl groups is 1. The summed E-state index contributed by atoms with van der Waals surface area (Å²) in [4.78, 5) is 0. The van der Waals surface area contributed by atoms with Crippen molar-refractivity contribution in [1.82, 2.24) is 0 Å². The SMILES string of the molecule is Oc1ccc(Cc2cc([C@@H]3O[C@H](O)C(F)(F)[C@H](O)[C@H]3O)ccc2Cl)cc1. The van der Waals surface area contributed by atoms with E-state index in [0.29, 0.717) is 22.6 Å². The maximum Gasteiger partial charge on any atom is 0.325 e. The highest BCUT2D eigenvalue weighted by atomic mass is 35.5. The molecule has 0 amide bonds. The van der Waals surface area contributed by atoms with Crippen LogP contribution < -0.4 is 0 Å². The Balaban J connectivity index is 1.88. The molecule has 0 bridgehead atoms. The molecule has 4 atom stereocenters. The highest BCUT2D eigenvalue weighted by Gasteiger charge is 2.57. The number of halogens is 3. The first-order valence-corrected chi connectivity index (χ1v) is 8.21. The van der Waals surface area contributed by atoms with Crippen LogP contribution in [0.1, 0.15) is 22.8 Å². The first-order chi connectivity index (χ1) is 12.2. The number of aliphatic hydroxyl groups excluding tert-OH is 3. The Hall–Kier alpha value is -1.77. The van der Waals surface area contributed by atoms with Gasteiger partial charge in [0.2, 0.25) is 6.29 Å². The van der Waals surface area contributed by atoms with Crippen molar-refractivity contribution in [2.24, 2.45) is 0 Å². The van der Waals surface area contributed by atoms with E-state index in [2.05, 4.69) is 0 Å². The van der Waals surface area contributed by atoms with E-state index in [1.807, 2.05) is 0 Å². The largest absolute Gasteiger partial charge is 0.508 e. The van der Waals surface area contributed by atoms with E-state index in [1.165, 1.54) is 24.3 Å². The summed E-state index contributed by atoms with van der Waals surface area (Å²) in [5.74, 6) is -3.85. The molecule has 0 spiro atoms. The number of aliphatic hydroxyl groups is 3. The van der Waals surface area contributed by atoms with Crippen molar-refractivity contribution in [2.45, 2.75) is 36.9 Å². The fourth-order valence-corrected chi connectivity index (χ4v) is 3.05. The van der Waals surface area contributed by atoms with Crippen LogP contribution in [0.4, 0.5) is 8.78 Å². The van der Waals surface area contributed by atoms with Gasteiger partial charge in [0.25, 0.3) is 0 Å². The quantitative estimate of drug-likeness (QED) is 0.650. The fraction of sp³-hybridized carbons (Fsp3) is 0.333. The Morgan fingerprint density at radius 2 is 1.69 bits per heavy atom. The van der Waals surface area contributed by atoms with E-state index in [9.17, 15) is 29.2 Å². The second-order valence-corrected chi connectivity index (χ2v) is 6.62. The molecule has 0 saturated carbocycles. The third-order valence-corrected chi connectivity index (χ3v) is 4.73. The molecule has 0 aliphatic carbocycles. The monoisotopic (exact) mass is 386 g/mol. The molecule has 2 aromatic rings. The minimum absolute atomic E-state index is 0.122. The molecule has 4 N–H and O–H groups in total. The van der Waals surface area contributed by atoms with Gasteiger partial charge < -0.3 is 25.2 Å². The second kappa shape index (κ2) is 7.09. The predicted molar refractivity (Wildman–Crippen MR) is 89.2 cm³/mol. The van der Waals surface area contributed by atoms with Crippen molar-refractivity contribution in [2.75, 3.05) is 0 Å². The molecule has 2 aromatic carbocycles. The zero-order chi connectivity index (χ0) is 19.1. The maximum atomic E-state index is 13.6. The van der Waals surface area contributed by atoms with E-state index in [0.717, 1.165) is 5.56 Å². The Kier molecular flexibility index (Phi) is 5.18. The smallest absolute Gasteiger partial charge is 0.325 e. The van der Waals surface area contributed by atoms with Crippen molar-refractivity contribution >= 4 is 11.6 Å². The highest BCUT2D eigenvalue weighted by molar-refractivity contribution is 6.31. The molecule has 140 valence electrons. The van der Waals surface area contributed by atoms with Crippen molar-refractivity contribution in [3.8, 4) is 5.75 Å². The standard InChI is InChI=1S/C18H17ClF2O5/c19-13-6-3-10(8-11(13)7-9-1-4-12(22)5-2-9)15-14(23)16(24)18(20,21)17(25)26-15/h1-6,8,14-17,22-25H,7H2/t14-,15-,16+,17-/m0/s1. The van der Waals surface area contributed by atoms with Gasteiger partial charge in [-0.1, -0.05) is 35.9 Å². The van der Waals surface area contributed by atoms with Gasteiger partial charge in [0.1, 0.15) is 18.0 Å². The molecular formula is C18H17ClF2O5. The van der Waals surface area contributed by atoms with Gasteiger partial charge in [-0.25, -0.2) is 0 Å². The fourth-order valence-electron chi connectivity index (χ4n) is 2.87. The molecule has 1 aliphatic heterocycles. The molecule has 5 nitrogen and oxygen atoms in total. The summed E-state index contributed by atoms with van der Waals surface area (Å²) in [6, 6.07) is 11.0. The van der Waals surface area contributed by atoms with Gasteiger partial charge in [0, 0.05) is 5.02 Å². The number of phenols is 1. The van der Waals surface area contributed by atoms with Crippen LogP contribution in [0.5, 0.6) is 5.75 Å². The minimum Gasteiger partial charge on any atom is -0.508 e. The minimum atomic E-state index is -3.97. The van der Waals surface area contributed by atoms with Crippen LogP contribution in [-0.4, -0.2) is 44.8 Å². The van der Waals surface area contributed by atoms with E-state index in [1.54, 1.807) is 18.2 Å². The molecule has 0 aromatic heterocycles. The zero-order valence-electron chi connectivity index (χ0n) is 13.4. The summed E-state index contributed by atoms with van der Waals surface area (Å²) in [5.41, 5.74) is 1.77. The lowest BCUT2D eigenvalue weighted by molar-refractivity contribution is -0.345. The molecule has 1 heterocycles. The molecular weight excluding hydrogens is 370 g/mol. The molecule has 1 saturated heterocycles. The lowest BCUT2D eigenvalue weighted by Gasteiger charge is -2.40. The van der Waals surface area contributed by atoms with E-state index in [4.69, 9.17) is 16.3 Å². The molecule has 0 unspecified atom stereocenters. The molecule has 1 fully saturated rings. The number of ether oxygens (including phenoxy) is 1. The third kappa shape index (κ3) is 3.54. The van der Waals surface area contributed by atoms with Crippen molar-refractivity contribution in [1.29, 1.82) is 0 Å². The van der Waals surface area contributed by atoms with Gasteiger partial charge in [0.05, 0.1) is 0 Å². The summed E-state index contributed by atoms with van der Waals surface area (Å²) in [5, 5.41) is 38.8. The van der Waals surface area contributed by atoms with Gasteiger partial charge >= 0.3 is 5.92 Å². The summed E-state index contributed by atoms with van der Waals surface area (Å²) >= 11 is 6.18. The van der Waals surface area contributed by atoms with E-state index in [-0.39, 0.29) is 5.75 Å². The highest BCUT2D eigenvalue weighted by Crippen LogP contribution is 2.40. The summed E-state index contributed by atoms with van der Waals surface area (Å²) in [6.07, 6.45) is -7.88. The van der Waals surface area contributed by atoms with Crippen LogP contribution in [0.15, 0.2) is 42.5 Å². The predicted octanol–water partition coefficient (Wildman–Crippen LogP) is 2.38. The van der Waals surface area contributed by atoms with Gasteiger partial charge in [0.15, 0.2) is 6.10 Å². The molecule has 1 aliphatic rings. The molecule has 3 rings (SSSR count). The zero-order valence-corrected chi connectivity index (χ0v) is 14.1. The van der Waals surface area contributed by atoms with Crippen LogP contribution in [0.2, 0.25) is 5.02 Å². The maximum absolute atomic E-state index is 13.6. The molecule has 26 heavy (non-hydrogen) atoms. The van der Waals surface area contributed by atoms with Crippen molar-refractivity contribution in [3.63, 3.8) is 0 Å². The van der Waals surface area contributed by atoms with Gasteiger partial charge in [-0.2, -0.15) is 8.78 Å². The Morgan fingerprint density at radius 1 is 1.04 bits per heavy atom. The first-order valence-electron chi connectivity index (χ1n) is 7.84. The topological polar surface area (TPSA) is 90.2 Å². The average molecular weight is 387 g/mol. The number of alkyl halides is 2. The van der Waals surface area contributed by atoms with Crippen LogP contribution in [0, 0.1) is 0 Å². The summed E-state index contributed by atoms with van der Waals surface area (Å²) < 4.78 is 32.0. The molecule has 8 heteroatoms. The first kappa shape index (κ1) is 19.0. The summed E-state index contributed by atoms with van der Waals surface area (Å²) in [7, 11) is 0. The number of benzene rings is 2. The van der Waals surface area contributed by atoms with Crippen LogP contribution >= 0.6 is 11.6 Å². The van der Waals surface area contributed by atoms with Crippen LogP contribution in [-0.2, 0) is 11.2 Å². The number of hydrogen-bond donors (Lipinski definition) is 4.